The Morgan fingerprint density at radius 3 is 2.57 bits per heavy atom. The van der Waals surface area contributed by atoms with E-state index in [4.69, 9.17) is 0 Å². The van der Waals surface area contributed by atoms with Gasteiger partial charge in [-0.1, -0.05) is 0 Å². The fourth-order valence-electron chi connectivity index (χ4n) is 3.37. The lowest BCUT2D eigenvalue weighted by molar-refractivity contribution is -0.133. The summed E-state index contributed by atoms with van der Waals surface area (Å²) in [7, 11) is -3.36. The molecule has 2 aliphatic rings. The number of thiophene rings is 1. The molecule has 0 bridgehead atoms. The minimum absolute atomic E-state index is 0.115. The number of likely N-dealkylation sites (tertiary alicyclic amines) is 1. The molecule has 1 atom stereocenters. The molecule has 1 aromatic heterocycles. The van der Waals surface area contributed by atoms with E-state index >= 15 is 0 Å². The summed E-state index contributed by atoms with van der Waals surface area (Å²) in [5, 5.41) is 0. The average molecular weight is 357 g/mol. The minimum atomic E-state index is -3.36. The van der Waals surface area contributed by atoms with Crippen LogP contribution < -0.4 is 0 Å². The highest BCUT2D eigenvalue weighted by Crippen LogP contribution is 2.28. The van der Waals surface area contributed by atoms with E-state index in [0.717, 1.165) is 37.1 Å². The van der Waals surface area contributed by atoms with Crippen LogP contribution >= 0.6 is 11.3 Å². The molecule has 23 heavy (non-hydrogen) atoms. The van der Waals surface area contributed by atoms with Crippen molar-refractivity contribution in [3.63, 3.8) is 0 Å². The lowest BCUT2D eigenvalue weighted by Gasteiger charge is -2.33. The number of piperidine rings is 1. The smallest absolute Gasteiger partial charge is 0.252 e. The number of carbonyl (C=O) groups is 1. The van der Waals surface area contributed by atoms with E-state index < -0.39 is 10.0 Å². The number of sulfonamides is 1. The SMILES string of the molecule is CC1CCCCN1C(=O)Cc1ccc(S(=O)(=O)N2CCCC2)s1. The highest BCUT2D eigenvalue weighted by atomic mass is 32.2. The van der Waals surface area contributed by atoms with Gasteiger partial charge in [-0.2, -0.15) is 4.31 Å². The Balaban J connectivity index is 1.68. The van der Waals surface area contributed by atoms with Crippen molar-refractivity contribution in [1.82, 2.24) is 9.21 Å². The van der Waals surface area contributed by atoms with Crippen molar-refractivity contribution in [2.45, 2.75) is 55.7 Å². The van der Waals surface area contributed by atoms with Gasteiger partial charge in [-0.15, -0.1) is 11.3 Å². The monoisotopic (exact) mass is 356 g/mol. The molecule has 0 N–H and O–H groups in total. The van der Waals surface area contributed by atoms with E-state index in [1.165, 1.54) is 17.8 Å². The zero-order valence-corrected chi connectivity index (χ0v) is 15.2. The van der Waals surface area contributed by atoms with Crippen LogP contribution in [0.2, 0.25) is 0 Å². The average Bonchev–Trinajstić information content (AvgIpc) is 3.19. The van der Waals surface area contributed by atoms with Crippen LogP contribution in [0.4, 0.5) is 0 Å². The van der Waals surface area contributed by atoms with Gasteiger partial charge in [0.2, 0.25) is 5.91 Å². The maximum atomic E-state index is 12.5. The molecule has 3 rings (SSSR count). The van der Waals surface area contributed by atoms with Gasteiger partial charge in [-0.3, -0.25) is 4.79 Å². The largest absolute Gasteiger partial charge is 0.340 e. The van der Waals surface area contributed by atoms with Gasteiger partial charge in [-0.25, -0.2) is 8.42 Å². The summed E-state index contributed by atoms with van der Waals surface area (Å²) in [5.74, 6) is 0.115. The van der Waals surface area contributed by atoms with Gasteiger partial charge in [0.05, 0.1) is 6.42 Å². The van der Waals surface area contributed by atoms with Crippen molar-refractivity contribution in [3.05, 3.63) is 17.0 Å². The van der Waals surface area contributed by atoms with Crippen LogP contribution in [0.3, 0.4) is 0 Å². The Morgan fingerprint density at radius 2 is 1.87 bits per heavy atom. The molecular formula is C16H24N2O3S2. The molecule has 5 nitrogen and oxygen atoms in total. The Kier molecular flexibility index (Phi) is 5.08. The van der Waals surface area contributed by atoms with Crippen LogP contribution in [0.15, 0.2) is 16.3 Å². The van der Waals surface area contributed by atoms with Gasteiger partial charge in [0.25, 0.3) is 10.0 Å². The maximum absolute atomic E-state index is 12.5. The van der Waals surface area contributed by atoms with Crippen molar-refractivity contribution in [2.24, 2.45) is 0 Å². The van der Waals surface area contributed by atoms with Crippen LogP contribution in [0.25, 0.3) is 0 Å². The van der Waals surface area contributed by atoms with Crippen LogP contribution in [-0.2, 0) is 21.2 Å². The first kappa shape index (κ1) is 16.9. The predicted octanol–water partition coefficient (Wildman–Crippen LogP) is 2.48. The molecule has 0 radical (unpaired) electrons. The number of amides is 1. The van der Waals surface area contributed by atoms with Crippen LogP contribution in [0.5, 0.6) is 0 Å². The Morgan fingerprint density at radius 1 is 1.17 bits per heavy atom. The minimum Gasteiger partial charge on any atom is -0.340 e. The van der Waals surface area contributed by atoms with E-state index in [1.807, 2.05) is 4.90 Å². The molecule has 2 saturated heterocycles. The fourth-order valence-corrected chi connectivity index (χ4v) is 6.39. The summed E-state index contributed by atoms with van der Waals surface area (Å²) in [6.45, 7) is 4.14. The summed E-state index contributed by atoms with van der Waals surface area (Å²) in [6, 6.07) is 3.74. The highest BCUT2D eigenvalue weighted by Gasteiger charge is 2.29. The number of hydrogen-bond donors (Lipinski definition) is 0. The quantitative estimate of drug-likeness (QED) is 0.833. The van der Waals surface area contributed by atoms with Crippen LogP contribution in [-0.4, -0.2) is 49.2 Å². The predicted molar refractivity (Wildman–Crippen MR) is 91.0 cm³/mol. The van der Waals surface area contributed by atoms with E-state index in [-0.39, 0.29) is 5.91 Å². The molecule has 2 fully saturated rings. The van der Waals surface area contributed by atoms with E-state index in [2.05, 4.69) is 6.92 Å². The zero-order valence-electron chi connectivity index (χ0n) is 13.5. The normalized spacial score (nSPS) is 23.3. The lowest BCUT2D eigenvalue weighted by Crippen LogP contribution is -2.42. The second-order valence-electron chi connectivity index (χ2n) is 6.44. The third-order valence-corrected chi connectivity index (χ3v) is 8.20. The number of rotatable bonds is 4. The zero-order chi connectivity index (χ0) is 16.4. The first-order valence-corrected chi connectivity index (χ1v) is 10.6. The number of carbonyl (C=O) groups excluding carboxylic acids is 1. The van der Waals surface area contributed by atoms with E-state index in [9.17, 15) is 13.2 Å². The van der Waals surface area contributed by atoms with Crippen molar-refractivity contribution >= 4 is 27.3 Å². The third-order valence-electron chi connectivity index (χ3n) is 4.74. The summed E-state index contributed by atoms with van der Waals surface area (Å²) < 4.78 is 27.0. The van der Waals surface area contributed by atoms with Gasteiger partial charge in [0, 0.05) is 30.6 Å². The molecule has 2 aliphatic heterocycles. The third kappa shape index (κ3) is 3.61. The second-order valence-corrected chi connectivity index (χ2v) is 9.77. The molecule has 0 aromatic carbocycles. The van der Waals surface area contributed by atoms with E-state index in [1.54, 1.807) is 16.4 Å². The van der Waals surface area contributed by atoms with Crippen molar-refractivity contribution in [3.8, 4) is 0 Å². The van der Waals surface area contributed by atoms with Gasteiger partial charge in [0.1, 0.15) is 4.21 Å². The van der Waals surface area contributed by atoms with Crippen molar-refractivity contribution in [1.29, 1.82) is 0 Å². The Labute approximate surface area is 142 Å². The molecule has 0 spiro atoms. The lowest BCUT2D eigenvalue weighted by atomic mass is 10.0. The maximum Gasteiger partial charge on any atom is 0.252 e. The molecule has 7 heteroatoms. The van der Waals surface area contributed by atoms with Gasteiger partial charge >= 0.3 is 0 Å². The molecule has 0 aliphatic carbocycles. The fraction of sp³-hybridized carbons (Fsp3) is 0.688. The first-order chi connectivity index (χ1) is 11.0. The standard InChI is InChI=1S/C16H24N2O3S2/c1-13-6-2-3-11-18(13)15(19)12-14-7-8-16(22-14)23(20,21)17-9-4-5-10-17/h7-8,13H,2-6,9-12H2,1H3. The topological polar surface area (TPSA) is 57.7 Å². The molecule has 3 heterocycles. The molecule has 1 amide bonds. The molecule has 1 unspecified atom stereocenters. The van der Waals surface area contributed by atoms with Crippen molar-refractivity contribution < 1.29 is 13.2 Å². The molecule has 128 valence electrons. The van der Waals surface area contributed by atoms with Crippen LogP contribution in [0, 0.1) is 0 Å². The van der Waals surface area contributed by atoms with Crippen molar-refractivity contribution in [2.75, 3.05) is 19.6 Å². The van der Waals surface area contributed by atoms with E-state index in [0.29, 0.717) is 29.8 Å². The molecular weight excluding hydrogens is 332 g/mol. The summed E-state index contributed by atoms with van der Waals surface area (Å²) in [5.41, 5.74) is 0. The number of nitrogens with zero attached hydrogens (tertiary/aromatic N) is 2. The first-order valence-electron chi connectivity index (χ1n) is 8.37. The number of hydrogen-bond acceptors (Lipinski definition) is 4. The van der Waals surface area contributed by atoms with Crippen LogP contribution in [0.1, 0.15) is 43.9 Å². The summed E-state index contributed by atoms with van der Waals surface area (Å²) in [4.78, 5) is 15.2. The second kappa shape index (κ2) is 6.91. The Hall–Kier alpha value is -0.920. The Bertz CT molecular complexity index is 663. The van der Waals surface area contributed by atoms with Gasteiger partial charge < -0.3 is 4.90 Å². The molecule has 0 saturated carbocycles. The summed E-state index contributed by atoms with van der Waals surface area (Å²) in [6.07, 6.45) is 5.48. The van der Waals surface area contributed by atoms with Gasteiger partial charge in [0.15, 0.2) is 0 Å². The molecule has 1 aromatic rings. The highest BCUT2D eigenvalue weighted by molar-refractivity contribution is 7.91. The van der Waals surface area contributed by atoms with Gasteiger partial charge in [-0.05, 0) is 51.2 Å². The summed E-state index contributed by atoms with van der Waals surface area (Å²) >= 11 is 1.24.